The third-order valence-corrected chi connectivity index (χ3v) is 4.14. The van der Waals surface area contributed by atoms with Crippen LogP contribution in [0.15, 0.2) is 54.6 Å². The SMILES string of the molecule is Cc1ccc([C@H]2C=C(c3ccc(OC(F)F)cc3)Nc3nnnn32)cc1. The summed E-state index contributed by atoms with van der Waals surface area (Å²) in [6.45, 7) is -0.817. The van der Waals surface area contributed by atoms with Gasteiger partial charge in [0.15, 0.2) is 0 Å². The van der Waals surface area contributed by atoms with E-state index >= 15 is 0 Å². The zero-order chi connectivity index (χ0) is 18.1. The van der Waals surface area contributed by atoms with Crippen LogP contribution in [0.1, 0.15) is 22.7 Å². The first-order chi connectivity index (χ1) is 12.6. The Morgan fingerprint density at radius 3 is 2.50 bits per heavy atom. The van der Waals surface area contributed by atoms with Gasteiger partial charge in [0, 0.05) is 5.70 Å². The van der Waals surface area contributed by atoms with Crippen molar-refractivity contribution in [3.05, 3.63) is 71.3 Å². The quantitative estimate of drug-likeness (QED) is 0.774. The van der Waals surface area contributed by atoms with Gasteiger partial charge in [-0.05, 0) is 58.8 Å². The Labute approximate surface area is 148 Å². The van der Waals surface area contributed by atoms with Crippen LogP contribution in [-0.4, -0.2) is 26.8 Å². The summed E-state index contributed by atoms with van der Waals surface area (Å²) in [4.78, 5) is 0. The van der Waals surface area contributed by atoms with Crippen LogP contribution in [0.5, 0.6) is 5.75 Å². The van der Waals surface area contributed by atoms with Crippen molar-refractivity contribution in [3.8, 4) is 5.75 Å². The van der Waals surface area contributed by atoms with E-state index < -0.39 is 6.61 Å². The van der Waals surface area contributed by atoms with Gasteiger partial charge in [-0.1, -0.05) is 34.9 Å². The van der Waals surface area contributed by atoms with Crippen molar-refractivity contribution < 1.29 is 13.5 Å². The molecule has 6 nitrogen and oxygen atoms in total. The molecule has 8 heteroatoms. The number of nitrogens with zero attached hydrogens (tertiary/aromatic N) is 4. The fourth-order valence-electron chi connectivity index (χ4n) is 2.84. The summed E-state index contributed by atoms with van der Waals surface area (Å²) in [5.74, 6) is 0.626. The Morgan fingerprint density at radius 1 is 1.08 bits per heavy atom. The van der Waals surface area contributed by atoms with E-state index in [9.17, 15) is 8.78 Å². The number of hydrogen-bond acceptors (Lipinski definition) is 5. The topological polar surface area (TPSA) is 64.9 Å². The second-order valence-corrected chi connectivity index (χ2v) is 5.91. The highest BCUT2D eigenvalue weighted by atomic mass is 19.3. The van der Waals surface area contributed by atoms with E-state index in [0.717, 1.165) is 16.8 Å². The molecule has 1 aromatic heterocycles. The van der Waals surface area contributed by atoms with Crippen LogP contribution in [0.25, 0.3) is 5.70 Å². The first-order valence-corrected chi connectivity index (χ1v) is 7.99. The Bertz CT molecular complexity index is 935. The normalized spacial score (nSPS) is 16.0. The molecule has 1 aliphatic heterocycles. The Balaban J connectivity index is 1.69. The number of hydrogen-bond donors (Lipinski definition) is 1. The van der Waals surface area contributed by atoms with E-state index in [-0.39, 0.29) is 11.8 Å². The Kier molecular flexibility index (Phi) is 4.08. The van der Waals surface area contributed by atoms with E-state index in [0.29, 0.717) is 5.95 Å². The van der Waals surface area contributed by atoms with Gasteiger partial charge in [-0.25, -0.2) is 0 Å². The summed E-state index contributed by atoms with van der Waals surface area (Å²) >= 11 is 0. The van der Waals surface area contributed by atoms with Crippen LogP contribution in [0, 0.1) is 6.92 Å². The summed E-state index contributed by atoms with van der Waals surface area (Å²) in [5.41, 5.74) is 3.82. The molecule has 1 atom stereocenters. The first kappa shape index (κ1) is 16.2. The van der Waals surface area contributed by atoms with Crippen molar-refractivity contribution in [1.29, 1.82) is 0 Å². The number of tetrazole rings is 1. The summed E-state index contributed by atoms with van der Waals surface area (Å²) in [6, 6.07) is 14.4. The molecule has 132 valence electrons. The predicted molar refractivity (Wildman–Crippen MR) is 91.8 cm³/mol. The molecule has 0 unspecified atom stereocenters. The summed E-state index contributed by atoms with van der Waals surface area (Å²) in [6.07, 6.45) is 2.00. The van der Waals surface area contributed by atoms with Crippen molar-refractivity contribution in [3.63, 3.8) is 0 Å². The highest BCUT2D eigenvalue weighted by Crippen LogP contribution is 2.32. The smallest absolute Gasteiger partial charge is 0.387 e. The minimum atomic E-state index is -2.84. The maximum Gasteiger partial charge on any atom is 0.387 e. The molecule has 1 N–H and O–H groups in total. The van der Waals surface area contributed by atoms with Crippen LogP contribution in [0.3, 0.4) is 0 Å². The van der Waals surface area contributed by atoms with Crippen LogP contribution in [-0.2, 0) is 0 Å². The van der Waals surface area contributed by atoms with E-state index in [4.69, 9.17) is 0 Å². The number of alkyl halides is 2. The lowest BCUT2D eigenvalue weighted by atomic mass is 10.0. The second-order valence-electron chi connectivity index (χ2n) is 5.91. The van der Waals surface area contributed by atoms with Crippen molar-refractivity contribution in [2.45, 2.75) is 19.6 Å². The lowest BCUT2D eigenvalue weighted by molar-refractivity contribution is -0.0498. The molecular weight excluding hydrogens is 340 g/mol. The van der Waals surface area contributed by atoms with Gasteiger partial charge in [-0.2, -0.15) is 13.5 Å². The van der Waals surface area contributed by atoms with Crippen molar-refractivity contribution in [1.82, 2.24) is 20.2 Å². The molecule has 0 spiro atoms. The molecule has 2 aromatic carbocycles. The molecule has 26 heavy (non-hydrogen) atoms. The number of ether oxygens (including phenoxy) is 1. The average Bonchev–Trinajstić information content (AvgIpc) is 3.10. The van der Waals surface area contributed by atoms with Crippen LogP contribution in [0.2, 0.25) is 0 Å². The molecule has 0 saturated carbocycles. The molecule has 0 saturated heterocycles. The third-order valence-electron chi connectivity index (χ3n) is 4.14. The van der Waals surface area contributed by atoms with Crippen LogP contribution in [0.4, 0.5) is 14.7 Å². The minimum absolute atomic E-state index is 0.111. The molecule has 4 rings (SSSR count). The van der Waals surface area contributed by atoms with Crippen LogP contribution >= 0.6 is 0 Å². The van der Waals surface area contributed by atoms with E-state index in [1.54, 1.807) is 16.8 Å². The minimum Gasteiger partial charge on any atom is -0.435 e. The van der Waals surface area contributed by atoms with Gasteiger partial charge >= 0.3 is 6.61 Å². The fraction of sp³-hybridized carbons (Fsp3) is 0.167. The molecule has 0 amide bonds. The Hall–Kier alpha value is -3.29. The second kappa shape index (κ2) is 6.55. The van der Waals surface area contributed by atoms with Gasteiger partial charge in [-0.3, -0.25) is 0 Å². The molecule has 0 radical (unpaired) electrons. The highest BCUT2D eigenvalue weighted by molar-refractivity contribution is 5.77. The zero-order valence-electron chi connectivity index (χ0n) is 13.8. The van der Waals surface area contributed by atoms with Crippen molar-refractivity contribution >= 4 is 11.6 Å². The fourth-order valence-corrected chi connectivity index (χ4v) is 2.84. The van der Waals surface area contributed by atoms with E-state index in [1.807, 2.05) is 37.3 Å². The Morgan fingerprint density at radius 2 is 1.81 bits per heavy atom. The van der Waals surface area contributed by atoms with E-state index in [1.165, 1.54) is 17.7 Å². The van der Waals surface area contributed by atoms with Crippen LogP contribution < -0.4 is 10.1 Å². The lowest BCUT2D eigenvalue weighted by Crippen LogP contribution is -2.20. The number of halogens is 2. The lowest BCUT2D eigenvalue weighted by Gasteiger charge is -2.23. The molecule has 0 bridgehead atoms. The molecule has 2 heterocycles. The van der Waals surface area contributed by atoms with Gasteiger partial charge in [0.25, 0.3) is 0 Å². The molecule has 3 aromatic rings. The number of allylic oxidation sites excluding steroid dienone is 1. The number of aryl methyl sites for hydroxylation is 1. The maximum absolute atomic E-state index is 12.3. The zero-order valence-corrected chi connectivity index (χ0v) is 13.8. The summed E-state index contributed by atoms with van der Waals surface area (Å²) in [5, 5.41) is 15.0. The number of fused-ring (bicyclic) bond motifs is 1. The molecular formula is C18H15F2N5O. The highest BCUT2D eigenvalue weighted by Gasteiger charge is 2.24. The predicted octanol–water partition coefficient (Wildman–Crippen LogP) is 3.64. The third kappa shape index (κ3) is 3.13. The van der Waals surface area contributed by atoms with Gasteiger partial charge in [0.1, 0.15) is 11.8 Å². The number of aromatic nitrogens is 4. The molecule has 1 aliphatic rings. The van der Waals surface area contributed by atoms with Crippen molar-refractivity contribution in [2.24, 2.45) is 0 Å². The average molecular weight is 355 g/mol. The first-order valence-electron chi connectivity index (χ1n) is 7.99. The monoisotopic (exact) mass is 355 g/mol. The number of benzene rings is 2. The molecule has 0 aliphatic carbocycles. The molecule has 0 fully saturated rings. The van der Waals surface area contributed by atoms with Gasteiger partial charge in [-0.15, -0.1) is 0 Å². The van der Waals surface area contributed by atoms with Crippen molar-refractivity contribution in [2.75, 3.05) is 5.32 Å². The van der Waals surface area contributed by atoms with Gasteiger partial charge in [0.2, 0.25) is 5.95 Å². The number of rotatable bonds is 4. The largest absolute Gasteiger partial charge is 0.435 e. The van der Waals surface area contributed by atoms with E-state index in [2.05, 4.69) is 25.6 Å². The standard InChI is InChI=1S/C18H15F2N5O/c1-11-2-4-13(5-3-11)16-10-15(21-18-22-23-24-25(16)18)12-6-8-14(9-7-12)26-17(19)20/h2-10,16-17H,1H3,(H,21,22,24)/t16-/m1/s1. The summed E-state index contributed by atoms with van der Waals surface area (Å²) < 4.78 is 30.7. The summed E-state index contributed by atoms with van der Waals surface area (Å²) in [7, 11) is 0. The number of anilines is 1. The van der Waals surface area contributed by atoms with Gasteiger partial charge < -0.3 is 10.1 Å². The maximum atomic E-state index is 12.3. The van der Waals surface area contributed by atoms with Gasteiger partial charge in [0.05, 0.1) is 0 Å². The number of nitrogens with one attached hydrogen (secondary N) is 1.